The molecule has 0 fully saturated rings. The van der Waals surface area contributed by atoms with E-state index in [1.807, 2.05) is 0 Å². The Morgan fingerprint density at radius 2 is 1.91 bits per heavy atom. The molecule has 0 saturated heterocycles. The summed E-state index contributed by atoms with van der Waals surface area (Å²) in [7, 11) is 0. The summed E-state index contributed by atoms with van der Waals surface area (Å²) in [6.45, 7) is -0.408. The minimum atomic E-state index is -1.17. The number of non-ortho nitro benzene ring substituents is 1. The summed E-state index contributed by atoms with van der Waals surface area (Å²) < 4.78 is 5.17. The maximum Gasteiger partial charge on any atom is 0.337 e. The van der Waals surface area contributed by atoms with Crippen molar-refractivity contribution in [3.8, 4) is 5.75 Å². The molecule has 0 saturated carbocycles. The fourth-order valence-electron chi connectivity index (χ4n) is 1.80. The Labute approximate surface area is 130 Å². The van der Waals surface area contributed by atoms with Crippen molar-refractivity contribution in [1.82, 2.24) is 0 Å². The van der Waals surface area contributed by atoms with E-state index in [2.05, 4.69) is 5.32 Å². The van der Waals surface area contributed by atoms with E-state index in [1.165, 1.54) is 36.4 Å². The summed E-state index contributed by atoms with van der Waals surface area (Å²) in [5.41, 5.74) is -0.0528. The highest BCUT2D eigenvalue weighted by Gasteiger charge is 2.12. The number of rotatable bonds is 6. The van der Waals surface area contributed by atoms with Gasteiger partial charge in [-0.2, -0.15) is 0 Å². The third-order valence-corrected chi connectivity index (χ3v) is 2.83. The molecule has 0 atom stereocenters. The highest BCUT2D eigenvalue weighted by Crippen LogP contribution is 2.19. The Balaban J connectivity index is 2.00. The van der Waals surface area contributed by atoms with Gasteiger partial charge in [0.15, 0.2) is 6.61 Å². The smallest absolute Gasteiger partial charge is 0.337 e. The zero-order chi connectivity index (χ0) is 16.8. The van der Waals surface area contributed by atoms with Crippen LogP contribution in [0.2, 0.25) is 0 Å². The van der Waals surface area contributed by atoms with Crippen LogP contribution in [0, 0.1) is 10.1 Å². The van der Waals surface area contributed by atoms with E-state index >= 15 is 0 Å². The van der Waals surface area contributed by atoms with Crippen molar-refractivity contribution >= 4 is 23.3 Å². The lowest BCUT2D eigenvalue weighted by Gasteiger charge is -2.09. The lowest BCUT2D eigenvalue weighted by molar-refractivity contribution is -0.384. The average Bonchev–Trinajstić information content (AvgIpc) is 2.53. The van der Waals surface area contributed by atoms with Crippen LogP contribution >= 0.6 is 0 Å². The number of amides is 1. The largest absolute Gasteiger partial charge is 0.484 e. The monoisotopic (exact) mass is 316 g/mol. The first-order valence-corrected chi connectivity index (χ1v) is 6.47. The molecule has 0 aliphatic heterocycles. The number of nitrogens with one attached hydrogen (secondary N) is 1. The van der Waals surface area contributed by atoms with Gasteiger partial charge < -0.3 is 15.2 Å². The van der Waals surface area contributed by atoms with Crippen LogP contribution in [0.3, 0.4) is 0 Å². The lowest BCUT2D eigenvalue weighted by atomic mass is 10.2. The zero-order valence-electron chi connectivity index (χ0n) is 11.8. The molecule has 1 amide bonds. The molecule has 118 valence electrons. The highest BCUT2D eigenvalue weighted by molar-refractivity contribution is 6.00. The average molecular weight is 316 g/mol. The van der Waals surface area contributed by atoms with Gasteiger partial charge in [-0.05, 0) is 18.2 Å². The van der Waals surface area contributed by atoms with Crippen molar-refractivity contribution in [2.45, 2.75) is 0 Å². The molecule has 8 nitrogen and oxygen atoms in total. The van der Waals surface area contributed by atoms with Gasteiger partial charge >= 0.3 is 5.97 Å². The third kappa shape index (κ3) is 4.27. The van der Waals surface area contributed by atoms with Crippen LogP contribution < -0.4 is 10.1 Å². The van der Waals surface area contributed by atoms with Crippen molar-refractivity contribution in [1.29, 1.82) is 0 Å². The lowest BCUT2D eigenvalue weighted by Crippen LogP contribution is -2.21. The predicted octanol–water partition coefficient (Wildman–Crippen LogP) is 2.31. The minimum Gasteiger partial charge on any atom is -0.484 e. The number of para-hydroxylation sites is 1. The number of carboxylic acid groups (broad SMARTS) is 1. The minimum absolute atomic E-state index is 0.0452. The fraction of sp³-hybridized carbons (Fsp3) is 0.0667. The molecular formula is C15H12N2O6. The third-order valence-electron chi connectivity index (χ3n) is 2.83. The molecule has 0 spiro atoms. The second kappa shape index (κ2) is 7.03. The van der Waals surface area contributed by atoms with Crippen LogP contribution in [-0.4, -0.2) is 28.5 Å². The van der Waals surface area contributed by atoms with Gasteiger partial charge in [0.1, 0.15) is 5.75 Å². The molecule has 2 rings (SSSR count). The molecule has 0 radical (unpaired) electrons. The molecule has 0 aliphatic rings. The van der Waals surface area contributed by atoms with E-state index in [9.17, 15) is 19.7 Å². The summed E-state index contributed by atoms with van der Waals surface area (Å²) in [5.74, 6) is -1.58. The van der Waals surface area contributed by atoms with Crippen LogP contribution in [0.15, 0.2) is 48.5 Å². The van der Waals surface area contributed by atoms with Crippen molar-refractivity contribution in [3.05, 3.63) is 64.2 Å². The predicted molar refractivity (Wildman–Crippen MR) is 80.6 cm³/mol. The van der Waals surface area contributed by atoms with Gasteiger partial charge in [0.05, 0.1) is 22.2 Å². The first-order valence-electron chi connectivity index (χ1n) is 6.47. The molecule has 0 aliphatic carbocycles. The zero-order valence-corrected chi connectivity index (χ0v) is 11.8. The number of aromatic carboxylic acids is 1. The Morgan fingerprint density at radius 1 is 1.17 bits per heavy atom. The van der Waals surface area contributed by atoms with Crippen molar-refractivity contribution in [2.75, 3.05) is 11.9 Å². The molecule has 0 unspecified atom stereocenters. The number of nitrogens with zero attached hydrogens (tertiary/aromatic N) is 1. The topological polar surface area (TPSA) is 119 Å². The number of anilines is 1. The second-order valence-corrected chi connectivity index (χ2v) is 4.44. The summed E-state index contributed by atoms with van der Waals surface area (Å²) in [6.07, 6.45) is 0. The molecule has 0 heterocycles. The van der Waals surface area contributed by atoms with Gasteiger partial charge in [-0.25, -0.2) is 4.79 Å². The van der Waals surface area contributed by atoms with E-state index in [-0.39, 0.29) is 22.7 Å². The second-order valence-electron chi connectivity index (χ2n) is 4.44. The number of carboxylic acids is 1. The van der Waals surface area contributed by atoms with E-state index in [4.69, 9.17) is 9.84 Å². The Bertz CT molecular complexity index is 759. The Kier molecular flexibility index (Phi) is 4.88. The van der Waals surface area contributed by atoms with E-state index in [0.717, 1.165) is 0 Å². The highest BCUT2D eigenvalue weighted by atomic mass is 16.6. The van der Waals surface area contributed by atoms with Crippen LogP contribution in [-0.2, 0) is 4.79 Å². The molecule has 2 N–H and O–H groups in total. The first-order chi connectivity index (χ1) is 11.0. The fourth-order valence-corrected chi connectivity index (χ4v) is 1.80. The molecule has 2 aromatic rings. The molecular weight excluding hydrogens is 304 g/mol. The van der Waals surface area contributed by atoms with Gasteiger partial charge in [0.2, 0.25) is 0 Å². The number of nitro benzene ring substituents is 1. The molecule has 2 aromatic carbocycles. The summed E-state index contributed by atoms with van der Waals surface area (Å²) in [6, 6.07) is 11.3. The van der Waals surface area contributed by atoms with Gasteiger partial charge in [0.25, 0.3) is 11.6 Å². The van der Waals surface area contributed by atoms with Gasteiger partial charge in [-0.15, -0.1) is 0 Å². The summed E-state index contributed by atoms with van der Waals surface area (Å²) in [4.78, 5) is 32.9. The van der Waals surface area contributed by atoms with Gasteiger partial charge in [-0.1, -0.05) is 18.2 Å². The Morgan fingerprint density at radius 3 is 2.61 bits per heavy atom. The van der Waals surface area contributed by atoms with Crippen LogP contribution in [0.25, 0.3) is 0 Å². The van der Waals surface area contributed by atoms with Gasteiger partial charge in [0, 0.05) is 6.07 Å². The number of ether oxygens (including phenoxy) is 1. The van der Waals surface area contributed by atoms with Crippen molar-refractivity contribution < 1.29 is 24.4 Å². The number of hydrogen-bond acceptors (Lipinski definition) is 5. The SMILES string of the molecule is O=C(COc1cccc([N+](=O)[O-])c1)Nc1ccccc1C(=O)O. The van der Waals surface area contributed by atoms with Crippen LogP contribution in [0.4, 0.5) is 11.4 Å². The quantitative estimate of drug-likeness (QED) is 0.623. The number of nitro groups is 1. The maximum atomic E-state index is 11.8. The number of hydrogen-bond donors (Lipinski definition) is 2. The van der Waals surface area contributed by atoms with E-state index < -0.39 is 23.4 Å². The van der Waals surface area contributed by atoms with Gasteiger partial charge in [-0.3, -0.25) is 14.9 Å². The number of benzene rings is 2. The molecule has 23 heavy (non-hydrogen) atoms. The normalized spacial score (nSPS) is 9.91. The van der Waals surface area contributed by atoms with Crippen LogP contribution in [0.1, 0.15) is 10.4 Å². The molecule has 0 aromatic heterocycles. The van der Waals surface area contributed by atoms with E-state index in [0.29, 0.717) is 0 Å². The van der Waals surface area contributed by atoms with Crippen molar-refractivity contribution in [3.63, 3.8) is 0 Å². The summed E-state index contributed by atoms with van der Waals surface area (Å²) in [5, 5.41) is 22.1. The standard InChI is InChI=1S/C15H12N2O6/c18-14(16-13-7-2-1-6-12(13)15(19)20)9-23-11-5-3-4-10(8-11)17(21)22/h1-8H,9H2,(H,16,18)(H,19,20). The summed E-state index contributed by atoms with van der Waals surface area (Å²) >= 11 is 0. The first kappa shape index (κ1) is 16.0. The van der Waals surface area contributed by atoms with Crippen LogP contribution in [0.5, 0.6) is 5.75 Å². The maximum absolute atomic E-state index is 11.8. The van der Waals surface area contributed by atoms with E-state index in [1.54, 1.807) is 12.1 Å². The number of carbonyl (C=O) groups excluding carboxylic acids is 1. The number of carbonyl (C=O) groups is 2. The Hall–Kier alpha value is -3.42. The molecule has 8 heteroatoms. The molecule has 0 bridgehead atoms. The van der Waals surface area contributed by atoms with Crippen molar-refractivity contribution in [2.24, 2.45) is 0 Å².